The second-order valence-corrected chi connectivity index (χ2v) is 3.13. The number of carbonyl (C=O) groups excluding carboxylic acids is 1. The molecule has 0 unspecified atom stereocenters. The molecule has 0 saturated heterocycles. The van der Waals surface area contributed by atoms with Gasteiger partial charge < -0.3 is 14.5 Å². The fourth-order valence-corrected chi connectivity index (χ4v) is 1.67. The van der Waals surface area contributed by atoms with Crippen molar-refractivity contribution in [1.29, 1.82) is 0 Å². The van der Waals surface area contributed by atoms with E-state index in [0.29, 0.717) is 0 Å². The Balaban J connectivity index is 2.80. The van der Waals surface area contributed by atoms with Gasteiger partial charge in [0.2, 0.25) is 0 Å². The van der Waals surface area contributed by atoms with Gasteiger partial charge in [-0.1, -0.05) is 18.2 Å². The van der Waals surface area contributed by atoms with Crippen LogP contribution in [0.1, 0.15) is 17.3 Å². The average Bonchev–Trinajstić information content (AvgIpc) is 2.56. The zero-order valence-corrected chi connectivity index (χ0v) is 7.86. The maximum Gasteiger partial charge on any atom is 0.0736 e. The number of benzene rings is 1. The molecule has 0 aliphatic rings. The molecular weight excluding hydrogens is 178 g/mol. The quantitative estimate of drug-likeness (QED) is 0.706. The maximum absolute atomic E-state index is 10.8. The van der Waals surface area contributed by atoms with Gasteiger partial charge in [0, 0.05) is 29.2 Å². The van der Waals surface area contributed by atoms with E-state index in [0.717, 1.165) is 17.4 Å². The van der Waals surface area contributed by atoms with Crippen molar-refractivity contribution in [3.8, 4) is 0 Å². The number of carboxylic acid groups (broad SMARTS) is 1. The number of hydrogen-bond donors (Lipinski definition) is 0. The predicted molar refractivity (Wildman–Crippen MR) is 51.9 cm³/mol. The van der Waals surface area contributed by atoms with E-state index >= 15 is 0 Å². The van der Waals surface area contributed by atoms with E-state index < -0.39 is 5.97 Å². The highest BCUT2D eigenvalue weighted by molar-refractivity contribution is 6.02. The summed E-state index contributed by atoms with van der Waals surface area (Å²) >= 11 is 0. The molecule has 0 spiro atoms. The standard InChI is InChI=1S/C11H11NO2/c1-2-12-7-9(11(13)14)8-5-3-4-6-10(8)12/h3-7H,2H2,1H3,(H,13,14)/p-1. The minimum absolute atomic E-state index is 0.266. The smallest absolute Gasteiger partial charge is 0.0736 e. The normalized spacial score (nSPS) is 10.6. The van der Waals surface area contributed by atoms with Crippen LogP contribution in [0.3, 0.4) is 0 Å². The lowest BCUT2D eigenvalue weighted by Crippen LogP contribution is -2.21. The number of aromatic nitrogens is 1. The molecule has 0 N–H and O–H groups in total. The third kappa shape index (κ3) is 1.18. The Morgan fingerprint density at radius 1 is 1.43 bits per heavy atom. The molecular formula is C11H10NO2-. The Kier molecular flexibility index (Phi) is 2.00. The Morgan fingerprint density at radius 2 is 2.14 bits per heavy atom. The van der Waals surface area contributed by atoms with Gasteiger partial charge in [0.1, 0.15) is 0 Å². The van der Waals surface area contributed by atoms with Crippen molar-refractivity contribution in [3.05, 3.63) is 36.0 Å². The number of nitrogens with zero attached hydrogens (tertiary/aromatic N) is 1. The Hall–Kier alpha value is -1.77. The average molecular weight is 188 g/mol. The van der Waals surface area contributed by atoms with Crippen LogP contribution in [0.5, 0.6) is 0 Å². The first-order valence-electron chi connectivity index (χ1n) is 4.53. The number of fused-ring (bicyclic) bond motifs is 1. The van der Waals surface area contributed by atoms with Crippen LogP contribution in [-0.4, -0.2) is 10.5 Å². The van der Waals surface area contributed by atoms with E-state index in [2.05, 4.69) is 0 Å². The number of rotatable bonds is 2. The number of aryl methyl sites for hydroxylation is 1. The van der Waals surface area contributed by atoms with Crippen LogP contribution in [0.4, 0.5) is 0 Å². The monoisotopic (exact) mass is 188 g/mol. The summed E-state index contributed by atoms with van der Waals surface area (Å²) < 4.78 is 1.90. The SMILES string of the molecule is CCn1cc(C(=O)[O-])c2ccccc21. The Morgan fingerprint density at radius 3 is 2.79 bits per heavy atom. The minimum atomic E-state index is -1.12. The van der Waals surface area contributed by atoms with Crippen molar-refractivity contribution >= 4 is 16.9 Å². The summed E-state index contributed by atoms with van der Waals surface area (Å²) in [7, 11) is 0. The van der Waals surface area contributed by atoms with E-state index in [9.17, 15) is 9.90 Å². The van der Waals surface area contributed by atoms with Crippen LogP contribution in [0.15, 0.2) is 30.5 Å². The highest BCUT2D eigenvalue weighted by Gasteiger charge is 2.06. The van der Waals surface area contributed by atoms with Crippen molar-refractivity contribution in [2.45, 2.75) is 13.5 Å². The highest BCUT2D eigenvalue weighted by atomic mass is 16.4. The molecule has 2 aromatic rings. The summed E-state index contributed by atoms with van der Waals surface area (Å²) in [6, 6.07) is 7.43. The van der Waals surface area contributed by atoms with Gasteiger partial charge in [0.15, 0.2) is 0 Å². The van der Waals surface area contributed by atoms with E-state index in [1.54, 1.807) is 12.3 Å². The first kappa shape index (κ1) is 8.81. The van der Waals surface area contributed by atoms with Crippen LogP contribution in [0, 0.1) is 0 Å². The second kappa shape index (κ2) is 3.18. The van der Waals surface area contributed by atoms with Crippen molar-refractivity contribution in [3.63, 3.8) is 0 Å². The summed E-state index contributed by atoms with van der Waals surface area (Å²) in [5.74, 6) is -1.12. The van der Waals surface area contributed by atoms with Crippen molar-refractivity contribution in [2.75, 3.05) is 0 Å². The van der Waals surface area contributed by atoms with Gasteiger partial charge in [-0.2, -0.15) is 0 Å². The van der Waals surface area contributed by atoms with Crippen molar-refractivity contribution in [2.24, 2.45) is 0 Å². The van der Waals surface area contributed by atoms with E-state index in [-0.39, 0.29) is 5.56 Å². The molecule has 3 nitrogen and oxygen atoms in total. The molecule has 0 fully saturated rings. The van der Waals surface area contributed by atoms with E-state index in [1.807, 2.05) is 29.7 Å². The Bertz CT molecular complexity index is 485. The molecule has 0 aliphatic carbocycles. The molecule has 0 aliphatic heterocycles. The van der Waals surface area contributed by atoms with E-state index in [1.165, 1.54) is 0 Å². The summed E-state index contributed by atoms with van der Waals surface area (Å²) in [5, 5.41) is 11.6. The van der Waals surface area contributed by atoms with Crippen molar-refractivity contribution in [1.82, 2.24) is 4.57 Å². The number of aromatic carboxylic acids is 1. The van der Waals surface area contributed by atoms with Crippen molar-refractivity contribution < 1.29 is 9.90 Å². The van der Waals surface area contributed by atoms with Crippen LogP contribution < -0.4 is 5.11 Å². The first-order chi connectivity index (χ1) is 6.74. The first-order valence-corrected chi connectivity index (χ1v) is 4.53. The molecule has 0 atom stereocenters. The summed E-state index contributed by atoms with van der Waals surface area (Å²) in [6.07, 6.45) is 1.62. The van der Waals surface area contributed by atoms with Crippen LogP contribution in [-0.2, 0) is 6.54 Å². The van der Waals surface area contributed by atoms with Gasteiger partial charge in [0.25, 0.3) is 0 Å². The van der Waals surface area contributed by atoms with Crippen LogP contribution >= 0.6 is 0 Å². The van der Waals surface area contributed by atoms with Gasteiger partial charge >= 0.3 is 0 Å². The number of carbonyl (C=O) groups is 1. The highest BCUT2D eigenvalue weighted by Crippen LogP contribution is 2.20. The molecule has 0 saturated carbocycles. The number of carboxylic acids is 1. The fraction of sp³-hybridized carbons (Fsp3) is 0.182. The van der Waals surface area contributed by atoms with E-state index in [4.69, 9.17) is 0 Å². The summed E-state index contributed by atoms with van der Waals surface area (Å²) in [4.78, 5) is 10.8. The zero-order valence-electron chi connectivity index (χ0n) is 7.86. The molecule has 14 heavy (non-hydrogen) atoms. The Labute approximate surface area is 81.6 Å². The molecule has 1 aromatic carbocycles. The fourth-order valence-electron chi connectivity index (χ4n) is 1.67. The van der Waals surface area contributed by atoms with Crippen LogP contribution in [0.25, 0.3) is 10.9 Å². The number of para-hydroxylation sites is 1. The lowest BCUT2D eigenvalue weighted by Gasteiger charge is -1.98. The zero-order chi connectivity index (χ0) is 10.1. The molecule has 3 heteroatoms. The summed E-state index contributed by atoms with van der Waals surface area (Å²) in [5.41, 5.74) is 1.21. The van der Waals surface area contributed by atoms with Gasteiger partial charge in [-0.15, -0.1) is 0 Å². The largest absolute Gasteiger partial charge is 0.545 e. The minimum Gasteiger partial charge on any atom is -0.545 e. The molecule has 0 bridgehead atoms. The molecule has 72 valence electrons. The third-order valence-corrected chi connectivity index (χ3v) is 2.35. The van der Waals surface area contributed by atoms with Gasteiger partial charge in [-0.3, -0.25) is 0 Å². The lowest BCUT2D eigenvalue weighted by molar-refractivity contribution is -0.254. The lowest BCUT2D eigenvalue weighted by atomic mass is 10.2. The second-order valence-electron chi connectivity index (χ2n) is 3.13. The van der Waals surface area contributed by atoms with Gasteiger partial charge in [-0.25, -0.2) is 0 Å². The molecule has 0 radical (unpaired) electrons. The molecule has 1 heterocycles. The molecule has 2 rings (SSSR count). The molecule has 1 aromatic heterocycles. The third-order valence-electron chi connectivity index (χ3n) is 2.35. The maximum atomic E-state index is 10.8. The predicted octanol–water partition coefficient (Wildman–Crippen LogP) is 1.02. The summed E-state index contributed by atoms with van der Waals surface area (Å²) in [6.45, 7) is 2.74. The molecule has 0 amide bonds. The van der Waals surface area contributed by atoms with Crippen LogP contribution in [0.2, 0.25) is 0 Å². The van der Waals surface area contributed by atoms with Gasteiger partial charge in [0.05, 0.1) is 5.97 Å². The number of hydrogen-bond acceptors (Lipinski definition) is 2. The topological polar surface area (TPSA) is 45.1 Å². The van der Waals surface area contributed by atoms with Gasteiger partial charge in [-0.05, 0) is 13.0 Å².